The minimum absolute atomic E-state index is 0.0856. The summed E-state index contributed by atoms with van der Waals surface area (Å²) in [5.74, 6) is 1.08. The fraction of sp³-hybridized carbons (Fsp3) is 0.733. The molecule has 4 heteroatoms. The van der Waals surface area contributed by atoms with E-state index in [-0.39, 0.29) is 29.8 Å². The van der Waals surface area contributed by atoms with E-state index in [1.165, 1.54) is 0 Å². The summed E-state index contributed by atoms with van der Waals surface area (Å²) in [7, 11) is 1.72. The van der Waals surface area contributed by atoms with E-state index in [0.717, 1.165) is 12.8 Å². The van der Waals surface area contributed by atoms with Gasteiger partial charge in [0.25, 0.3) is 0 Å². The molecule has 2 amide bonds. The Labute approximate surface area is 115 Å². The minimum atomic E-state index is -0.254. The van der Waals surface area contributed by atoms with Gasteiger partial charge in [0.05, 0.1) is 6.54 Å². The molecule has 0 aromatic heterocycles. The van der Waals surface area contributed by atoms with Gasteiger partial charge in [0.1, 0.15) is 0 Å². The number of nitrogens with one attached hydrogen (secondary N) is 1. The molecule has 2 aliphatic carbocycles. The number of carbonyl (C=O) groups is 2. The van der Waals surface area contributed by atoms with Crippen LogP contribution >= 0.6 is 0 Å². The van der Waals surface area contributed by atoms with Crippen LogP contribution in [0.5, 0.6) is 0 Å². The van der Waals surface area contributed by atoms with E-state index in [1.54, 1.807) is 11.9 Å². The van der Waals surface area contributed by atoms with Crippen LogP contribution in [0, 0.1) is 17.8 Å². The van der Waals surface area contributed by atoms with Gasteiger partial charge in [-0.3, -0.25) is 9.59 Å². The summed E-state index contributed by atoms with van der Waals surface area (Å²) >= 11 is 0. The van der Waals surface area contributed by atoms with Crippen LogP contribution in [0.4, 0.5) is 0 Å². The van der Waals surface area contributed by atoms with Gasteiger partial charge in [0.2, 0.25) is 11.8 Å². The lowest BCUT2D eigenvalue weighted by Gasteiger charge is -2.26. The van der Waals surface area contributed by atoms with E-state index in [2.05, 4.69) is 17.5 Å². The van der Waals surface area contributed by atoms with Gasteiger partial charge < -0.3 is 10.2 Å². The maximum Gasteiger partial charge on any atom is 0.240 e. The first-order valence-corrected chi connectivity index (χ1v) is 7.00. The van der Waals surface area contributed by atoms with Crippen LogP contribution < -0.4 is 5.32 Å². The molecule has 4 nitrogen and oxygen atoms in total. The van der Waals surface area contributed by atoms with Gasteiger partial charge in [-0.1, -0.05) is 12.2 Å². The fourth-order valence-corrected chi connectivity index (χ4v) is 3.10. The van der Waals surface area contributed by atoms with Gasteiger partial charge in [-0.25, -0.2) is 0 Å². The lowest BCUT2D eigenvalue weighted by molar-refractivity contribution is -0.139. The van der Waals surface area contributed by atoms with Crippen LogP contribution in [0.3, 0.4) is 0 Å². The van der Waals surface area contributed by atoms with Gasteiger partial charge in [-0.05, 0) is 45.4 Å². The lowest BCUT2D eigenvalue weighted by Crippen LogP contribution is -2.47. The van der Waals surface area contributed by atoms with Gasteiger partial charge in [0.15, 0.2) is 0 Å². The molecule has 2 bridgehead atoms. The topological polar surface area (TPSA) is 49.4 Å². The van der Waals surface area contributed by atoms with Crippen LogP contribution in [-0.4, -0.2) is 35.8 Å². The first kappa shape index (κ1) is 14.1. The highest BCUT2D eigenvalue weighted by Gasteiger charge is 2.41. The summed E-state index contributed by atoms with van der Waals surface area (Å²) in [5.41, 5.74) is -0.254. The normalized spacial score (nSPS) is 28.5. The molecule has 106 valence electrons. The Balaban J connectivity index is 1.86. The van der Waals surface area contributed by atoms with Crippen LogP contribution in [0.15, 0.2) is 12.2 Å². The SMILES string of the molecule is CN(CC(=O)NC(C)(C)C)C(=O)[C@H]1C[C@H]2C=C[C@H]1C2. The average molecular weight is 264 g/mol. The predicted octanol–water partition coefficient (Wildman–Crippen LogP) is 1.57. The van der Waals surface area contributed by atoms with Crippen molar-refractivity contribution in [2.24, 2.45) is 17.8 Å². The highest BCUT2D eigenvalue weighted by Crippen LogP contribution is 2.43. The summed E-state index contributed by atoms with van der Waals surface area (Å²) in [5, 5.41) is 2.88. The van der Waals surface area contributed by atoms with Crippen molar-refractivity contribution in [3.63, 3.8) is 0 Å². The minimum Gasteiger partial charge on any atom is -0.350 e. The Morgan fingerprint density at radius 2 is 1.95 bits per heavy atom. The maximum absolute atomic E-state index is 12.3. The predicted molar refractivity (Wildman–Crippen MR) is 74.4 cm³/mol. The largest absolute Gasteiger partial charge is 0.350 e. The molecule has 0 aromatic carbocycles. The monoisotopic (exact) mass is 264 g/mol. The Bertz CT molecular complexity index is 409. The second-order valence-corrected chi connectivity index (χ2v) is 6.88. The molecule has 1 N–H and O–H groups in total. The molecule has 0 spiro atoms. The van der Waals surface area contributed by atoms with Crippen molar-refractivity contribution >= 4 is 11.8 Å². The summed E-state index contributed by atoms with van der Waals surface area (Å²) in [6.45, 7) is 5.96. The van der Waals surface area contributed by atoms with Gasteiger partial charge in [0, 0.05) is 18.5 Å². The molecular formula is C15H24N2O2. The number of likely N-dealkylation sites (N-methyl/N-ethyl adjacent to an activating group) is 1. The Morgan fingerprint density at radius 3 is 2.42 bits per heavy atom. The third-order valence-electron chi connectivity index (χ3n) is 3.87. The summed E-state index contributed by atoms with van der Waals surface area (Å²) < 4.78 is 0. The standard InChI is InChI=1S/C15H24N2O2/c1-15(2,3)16-13(18)9-17(4)14(19)12-8-10-5-6-11(12)7-10/h5-6,10-12H,7-9H2,1-4H3,(H,16,18)/t10-,11-,12-/m0/s1. The zero-order chi connectivity index (χ0) is 14.2. The molecule has 2 rings (SSSR count). The Morgan fingerprint density at radius 1 is 1.26 bits per heavy atom. The number of carbonyl (C=O) groups excluding carboxylic acids is 2. The van der Waals surface area contributed by atoms with E-state index >= 15 is 0 Å². The molecule has 0 radical (unpaired) electrons. The van der Waals surface area contributed by atoms with Gasteiger partial charge in [-0.2, -0.15) is 0 Å². The smallest absolute Gasteiger partial charge is 0.240 e. The molecule has 1 saturated carbocycles. The Kier molecular flexibility index (Phi) is 3.70. The summed E-state index contributed by atoms with van der Waals surface area (Å²) in [6.07, 6.45) is 6.45. The highest BCUT2D eigenvalue weighted by atomic mass is 16.2. The molecule has 19 heavy (non-hydrogen) atoms. The van der Waals surface area contributed by atoms with Crippen molar-refractivity contribution in [2.45, 2.75) is 39.2 Å². The van der Waals surface area contributed by atoms with Crippen LogP contribution in [0.25, 0.3) is 0 Å². The molecular weight excluding hydrogens is 240 g/mol. The van der Waals surface area contributed by atoms with Crippen LogP contribution in [0.1, 0.15) is 33.6 Å². The first-order chi connectivity index (χ1) is 8.76. The summed E-state index contributed by atoms with van der Waals surface area (Å²) in [4.78, 5) is 25.7. The van der Waals surface area contributed by atoms with E-state index in [9.17, 15) is 9.59 Å². The van der Waals surface area contributed by atoms with Crippen molar-refractivity contribution in [1.82, 2.24) is 10.2 Å². The third-order valence-corrected chi connectivity index (χ3v) is 3.87. The highest BCUT2D eigenvalue weighted by molar-refractivity contribution is 5.86. The number of allylic oxidation sites excluding steroid dienone is 2. The second-order valence-electron chi connectivity index (χ2n) is 6.88. The summed E-state index contributed by atoms with van der Waals surface area (Å²) in [6, 6.07) is 0. The van der Waals surface area contributed by atoms with Crippen molar-refractivity contribution in [2.75, 3.05) is 13.6 Å². The molecule has 1 fully saturated rings. The maximum atomic E-state index is 12.3. The van der Waals surface area contributed by atoms with Crippen molar-refractivity contribution in [3.8, 4) is 0 Å². The molecule has 0 heterocycles. The zero-order valence-electron chi connectivity index (χ0n) is 12.3. The zero-order valence-corrected chi connectivity index (χ0v) is 12.3. The van der Waals surface area contributed by atoms with E-state index in [4.69, 9.17) is 0 Å². The second kappa shape index (κ2) is 4.99. The van der Waals surface area contributed by atoms with E-state index in [1.807, 2.05) is 20.8 Å². The number of amides is 2. The molecule has 0 unspecified atom stereocenters. The third kappa shape index (κ3) is 3.37. The quantitative estimate of drug-likeness (QED) is 0.787. The molecule has 0 aromatic rings. The number of nitrogens with zero attached hydrogens (tertiary/aromatic N) is 1. The molecule has 0 saturated heterocycles. The molecule has 3 atom stereocenters. The van der Waals surface area contributed by atoms with E-state index in [0.29, 0.717) is 11.8 Å². The molecule has 2 aliphatic rings. The first-order valence-electron chi connectivity index (χ1n) is 7.00. The number of hydrogen-bond acceptors (Lipinski definition) is 2. The van der Waals surface area contributed by atoms with Crippen LogP contribution in [-0.2, 0) is 9.59 Å². The fourth-order valence-electron chi connectivity index (χ4n) is 3.10. The number of hydrogen-bond donors (Lipinski definition) is 1. The lowest BCUT2D eigenvalue weighted by atomic mass is 9.92. The van der Waals surface area contributed by atoms with Crippen molar-refractivity contribution < 1.29 is 9.59 Å². The number of rotatable bonds is 3. The van der Waals surface area contributed by atoms with E-state index < -0.39 is 0 Å². The van der Waals surface area contributed by atoms with Gasteiger partial charge in [-0.15, -0.1) is 0 Å². The average Bonchev–Trinajstić information content (AvgIpc) is 2.86. The number of fused-ring (bicyclic) bond motifs is 2. The Hall–Kier alpha value is -1.32. The van der Waals surface area contributed by atoms with Gasteiger partial charge >= 0.3 is 0 Å². The van der Waals surface area contributed by atoms with Crippen LogP contribution in [0.2, 0.25) is 0 Å². The van der Waals surface area contributed by atoms with Crippen molar-refractivity contribution in [3.05, 3.63) is 12.2 Å². The van der Waals surface area contributed by atoms with Crippen molar-refractivity contribution in [1.29, 1.82) is 0 Å². The molecule has 0 aliphatic heterocycles.